The predicted molar refractivity (Wildman–Crippen MR) is 70.4 cm³/mol. The zero-order valence-electron chi connectivity index (χ0n) is 10.2. The number of benzene rings is 2. The lowest BCUT2D eigenvalue weighted by atomic mass is 9.98. The van der Waals surface area contributed by atoms with E-state index in [0.29, 0.717) is 10.6 Å². The van der Waals surface area contributed by atoms with Crippen LogP contribution in [0.1, 0.15) is 17.2 Å². The van der Waals surface area contributed by atoms with E-state index in [1.54, 1.807) is 24.3 Å². The van der Waals surface area contributed by atoms with E-state index in [4.69, 9.17) is 22.1 Å². The Morgan fingerprint density at radius 3 is 2.11 bits per heavy atom. The van der Waals surface area contributed by atoms with Gasteiger partial charge in [0.05, 0.1) is 13.2 Å². The van der Waals surface area contributed by atoms with Gasteiger partial charge in [-0.05, 0) is 17.7 Å². The molecule has 0 spiro atoms. The SMILES string of the molecule is COc1cc(F)c(C(N)c2ccc(Cl)cc2)c(F)c1. The van der Waals surface area contributed by atoms with Gasteiger partial charge in [-0.2, -0.15) is 0 Å². The fourth-order valence-electron chi connectivity index (χ4n) is 1.81. The number of hydrogen-bond acceptors (Lipinski definition) is 2. The summed E-state index contributed by atoms with van der Waals surface area (Å²) in [6.07, 6.45) is 0. The second-order valence-electron chi connectivity index (χ2n) is 4.03. The summed E-state index contributed by atoms with van der Waals surface area (Å²) in [6, 6.07) is 7.82. The molecule has 2 aromatic rings. The molecule has 19 heavy (non-hydrogen) atoms. The van der Waals surface area contributed by atoms with E-state index in [2.05, 4.69) is 0 Å². The molecule has 0 saturated heterocycles. The third-order valence-corrected chi connectivity index (χ3v) is 3.08. The fraction of sp³-hybridized carbons (Fsp3) is 0.143. The van der Waals surface area contributed by atoms with Gasteiger partial charge in [0.15, 0.2) is 0 Å². The number of rotatable bonds is 3. The van der Waals surface area contributed by atoms with E-state index in [1.165, 1.54) is 7.11 Å². The highest BCUT2D eigenvalue weighted by Crippen LogP contribution is 2.28. The van der Waals surface area contributed by atoms with E-state index >= 15 is 0 Å². The van der Waals surface area contributed by atoms with Crippen LogP contribution in [0.2, 0.25) is 5.02 Å². The standard InChI is InChI=1S/C14H12ClF2NO/c1-19-10-6-11(16)13(12(17)7-10)14(18)8-2-4-9(15)5-3-8/h2-7,14H,18H2,1H3. The van der Waals surface area contributed by atoms with Gasteiger partial charge >= 0.3 is 0 Å². The van der Waals surface area contributed by atoms with Crippen molar-refractivity contribution in [2.45, 2.75) is 6.04 Å². The van der Waals surface area contributed by atoms with Crippen LogP contribution in [0.5, 0.6) is 5.75 Å². The molecule has 0 saturated carbocycles. The van der Waals surface area contributed by atoms with Gasteiger partial charge in [-0.1, -0.05) is 23.7 Å². The van der Waals surface area contributed by atoms with Crippen LogP contribution in [0.15, 0.2) is 36.4 Å². The maximum atomic E-state index is 13.9. The van der Waals surface area contributed by atoms with E-state index < -0.39 is 17.7 Å². The molecular weight excluding hydrogens is 272 g/mol. The van der Waals surface area contributed by atoms with E-state index in [9.17, 15) is 8.78 Å². The van der Waals surface area contributed by atoms with Crippen LogP contribution in [-0.4, -0.2) is 7.11 Å². The Morgan fingerprint density at radius 2 is 1.63 bits per heavy atom. The zero-order chi connectivity index (χ0) is 14.0. The summed E-state index contributed by atoms with van der Waals surface area (Å²) in [5.41, 5.74) is 6.28. The number of nitrogens with two attached hydrogens (primary N) is 1. The quantitative estimate of drug-likeness (QED) is 0.933. The van der Waals surface area contributed by atoms with Gasteiger partial charge < -0.3 is 10.5 Å². The molecule has 0 radical (unpaired) electrons. The highest BCUT2D eigenvalue weighted by Gasteiger charge is 2.19. The molecule has 0 aliphatic heterocycles. The second-order valence-corrected chi connectivity index (χ2v) is 4.47. The molecular formula is C14H12ClF2NO. The molecule has 0 aliphatic rings. The molecule has 2 rings (SSSR count). The van der Waals surface area contributed by atoms with Crippen molar-refractivity contribution >= 4 is 11.6 Å². The zero-order valence-corrected chi connectivity index (χ0v) is 10.9. The minimum absolute atomic E-state index is 0.113. The lowest BCUT2D eigenvalue weighted by molar-refractivity contribution is 0.404. The molecule has 0 bridgehead atoms. The molecule has 2 nitrogen and oxygen atoms in total. The highest BCUT2D eigenvalue weighted by atomic mass is 35.5. The van der Waals surface area contributed by atoms with Crippen LogP contribution in [-0.2, 0) is 0 Å². The maximum absolute atomic E-state index is 13.9. The molecule has 0 heterocycles. The highest BCUT2D eigenvalue weighted by molar-refractivity contribution is 6.30. The van der Waals surface area contributed by atoms with Crippen LogP contribution < -0.4 is 10.5 Å². The fourth-order valence-corrected chi connectivity index (χ4v) is 1.94. The lowest BCUT2D eigenvalue weighted by Gasteiger charge is -2.15. The van der Waals surface area contributed by atoms with Crippen LogP contribution in [0, 0.1) is 11.6 Å². The Hall–Kier alpha value is -1.65. The molecule has 0 aromatic heterocycles. The topological polar surface area (TPSA) is 35.2 Å². The van der Waals surface area contributed by atoms with Crippen LogP contribution in [0.25, 0.3) is 0 Å². The Labute approximate surface area is 114 Å². The first-order valence-corrected chi connectivity index (χ1v) is 5.94. The second kappa shape index (κ2) is 5.55. The van der Waals surface area contributed by atoms with Crippen molar-refractivity contribution in [3.8, 4) is 5.75 Å². The lowest BCUT2D eigenvalue weighted by Crippen LogP contribution is -2.15. The van der Waals surface area contributed by atoms with Gasteiger partial charge in [0.1, 0.15) is 17.4 Å². The number of hydrogen-bond donors (Lipinski definition) is 1. The smallest absolute Gasteiger partial charge is 0.134 e. The van der Waals surface area contributed by atoms with E-state index in [0.717, 1.165) is 12.1 Å². The Kier molecular flexibility index (Phi) is 4.02. The summed E-state index contributed by atoms with van der Waals surface area (Å²) in [7, 11) is 1.34. The molecule has 2 N–H and O–H groups in total. The first-order chi connectivity index (χ1) is 9.02. The van der Waals surface area contributed by atoms with E-state index in [-0.39, 0.29) is 11.3 Å². The van der Waals surface area contributed by atoms with Crippen LogP contribution in [0.3, 0.4) is 0 Å². The molecule has 5 heteroatoms. The third kappa shape index (κ3) is 2.85. The minimum atomic E-state index is -0.900. The monoisotopic (exact) mass is 283 g/mol. The van der Waals surface area contributed by atoms with Crippen molar-refractivity contribution in [1.29, 1.82) is 0 Å². The van der Waals surface area contributed by atoms with Crippen molar-refractivity contribution in [1.82, 2.24) is 0 Å². The summed E-state index contributed by atoms with van der Waals surface area (Å²) >= 11 is 5.76. The summed E-state index contributed by atoms with van der Waals surface area (Å²) in [5, 5.41) is 0.534. The molecule has 0 aliphatic carbocycles. The average molecular weight is 284 g/mol. The molecule has 1 atom stereocenters. The minimum Gasteiger partial charge on any atom is -0.497 e. The van der Waals surface area contributed by atoms with Gasteiger partial charge in [-0.15, -0.1) is 0 Å². The van der Waals surface area contributed by atoms with Gasteiger partial charge in [0.2, 0.25) is 0 Å². The first kappa shape index (κ1) is 13.8. The Balaban J connectivity index is 2.44. The van der Waals surface area contributed by atoms with Crippen molar-refractivity contribution in [2.75, 3.05) is 7.11 Å². The van der Waals surface area contributed by atoms with Gasteiger partial charge in [0, 0.05) is 22.7 Å². The predicted octanol–water partition coefficient (Wildman–Crippen LogP) is 3.67. The molecule has 2 aromatic carbocycles. The van der Waals surface area contributed by atoms with Crippen molar-refractivity contribution in [3.05, 3.63) is 64.2 Å². The largest absolute Gasteiger partial charge is 0.497 e. The number of methoxy groups -OCH3 is 1. The average Bonchev–Trinajstić information content (AvgIpc) is 2.38. The maximum Gasteiger partial charge on any atom is 0.134 e. The summed E-state index contributed by atoms with van der Waals surface area (Å²) < 4.78 is 32.6. The summed E-state index contributed by atoms with van der Waals surface area (Å²) in [5.74, 6) is -1.36. The van der Waals surface area contributed by atoms with Crippen molar-refractivity contribution in [2.24, 2.45) is 5.73 Å². The molecule has 0 fully saturated rings. The molecule has 1 unspecified atom stereocenters. The Morgan fingerprint density at radius 1 is 1.11 bits per heavy atom. The van der Waals surface area contributed by atoms with E-state index in [1.807, 2.05) is 0 Å². The third-order valence-electron chi connectivity index (χ3n) is 2.83. The van der Waals surface area contributed by atoms with Crippen molar-refractivity contribution < 1.29 is 13.5 Å². The normalized spacial score (nSPS) is 12.3. The van der Waals surface area contributed by atoms with Crippen LogP contribution in [0.4, 0.5) is 8.78 Å². The first-order valence-electron chi connectivity index (χ1n) is 5.57. The van der Waals surface area contributed by atoms with Crippen LogP contribution >= 0.6 is 11.6 Å². The molecule has 0 amide bonds. The number of halogens is 3. The summed E-state index contributed by atoms with van der Waals surface area (Å²) in [6.45, 7) is 0. The Bertz CT molecular complexity index is 563. The van der Waals surface area contributed by atoms with Gasteiger partial charge in [-0.3, -0.25) is 0 Å². The number of ether oxygens (including phenoxy) is 1. The van der Waals surface area contributed by atoms with Crippen molar-refractivity contribution in [3.63, 3.8) is 0 Å². The summed E-state index contributed by atoms with van der Waals surface area (Å²) in [4.78, 5) is 0. The van der Waals surface area contributed by atoms with Gasteiger partial charge in [-0.25, -0.2) is 8.78 Å². The van der Waals surface area contributed by atoms with Gasteiger partial charge in [0.25, 0.3) is 0 Å². The molecule has 100 valence electrons.